The van der Waals surface area contributed by atoms with Crippen LogP contribution < -0.4 is 0 Å². The van der Waals surface area contributed by atoms with E-state index in [9.17, 15) is 14.7 Å². The van der Waals surface area contributed by atoms with Crippen molar-refractivity contribution in [2.45, 2.75) is 64.8 Å². The molecule has 2 amide bonds. The zero-order valence-corrected chi connectivity index (χ0v) is 17.7. The molecule has 0 radical (unpaired) electrons. The number of rotatable bonds is 5. The summed E-state index contributed by atoms with van der Waals surface area (Å²) in [6.07, 6.45) is 4.42. The van der Waals surface area contributed by atoms with Gasteiger partial charge in [0.15, 0.2) is 0 Å². The molecule has 0 aromatic carbocycles. The standard InChI is InChI=1S/C20H33N5O4/c1-14-10-24(15(2)12-26)19(27)5-4-8-25-17(9-21-22-25)13-29-18(14)11-23(3)20(28)16-6-7-16/h9,14-16,18,26H,4-8,10-13H2,1-3H3/t14-,15-,18+/m1/s1. The molecule has 1 aliphatic heterocycles. The molecule has 9 heteroatoms. The average molecular weight is 408 g/mol. The number of aliphatic hydroxyl groups excluding tert-OH is 1. The maximum absolute atomic E-state index is 12.8. The number of ether oxygens (including phenoxy) is 1. The molecule has 9 nitrogen and oxygen atoms in total. The van der Waals surface area contributed by atoms with Crippen LogP contribution in [0.5, 0.6) is 0 Å². The van der Waals surface area contributed by atoms with Gasteiger partial charge in [0.1, 0.15) is 0 Å². The zero-order valence-electron chi connectivity index (χ0n) is 17.7. The summed E-state index contributed by atoms with van der Waals surface area (Å²) < 4.78 is 8.01. The van der Waals surface area contributed by atoms with E-state index in [2.05, 4.69) is 10.3 Å². The summed E-state index contributed by atoms with van der Waals surface area (Å²) in [7, 11) is 1.82. The second-order valence-corrected chi connectivity index (χ2v) is 8.45. The highest BCUT2D eigenvalue weighted by Gasteiger charge is 2.34. The van der Waals surface area contributed by atoms with E-state index in [-0.39, 0.29) is 42.4 Å². The van der Waals surface area contributed by atoms with E-state index in [1.807, 2.05) is 20.9 Å². The van der Waals surface area contributed by atoms with Crippen molar-refractivity contribution in [3.05, 3.63) is 11.9 Å². The number of fused-ring (bicyclic) bond motifs is 1. The Morgan fingerprint density at radius 3 is 2.90 bits per heavy atom. The summed E-state index contributed by atoms with van der Waals surface area (Å²) in [5.41, 5.74) is 0.868. The number of amides is 2. The molecule has 3 rings (SSSR count). The van der Waals surface area contributed by atoms with Gasteiger partial charge in [0.05, 0.1) is 37.3 Å². The molecule has 0 saturated heterocycles. The predicted molar refractivity (Wildman–Crippen MR) is 106 cm³/mol. The van der Waals surface area contributed by atoms with Crippen molar-refractivity contribution in [1.82, 2.24) is 24.8 Å². The van der Waals surface area contributed by atoms with Crippen LogP contribution in [-0.4, -0.2) is 80.6 Å². The third-order valence-electron chi connectivity index (χ3n) is 5.90. The van der Waals surface area contributed by atoms with Crippen LogP contribution >= 0.6 is 0 Å². The molecule has 0 unspecified atom stereocenters. The van der Waals surface area contributed by atoms with Crippen molar-refractivity contribution in [1.29, 1.82) is 0 Å². The van der Waals surface area contributed by atoms with Crippen LogP contribution in [0.2, 0.25) is 0 Å². The summed E-state index contributed by atoms with van der Waals surface area (Å²) in [5.74, 6) is 0.322. The van der Waals surface area contributed by atoms with Gasteiger partial charge in [-0.25, -0.2) is 4.68 Å². The molecule has 1 aromatic rings. The smallest absolute Gasteiger partial charge is 0.225 e. The molecule has 2 aliphatic rings. The molecule has 0 bridgehead atoms. The minimum atomic E-state index is -0.263. The summed E-state index contributed by atoms with van der Waals surface area (Å²) >= 11 is 0. The number of aryl methyl sites for hydroxylation is 1. The van der Waals surface area contributed by atoms with Crippen molar-refractivity contribution in [2.75, 3.05) is 26.7 Å². The fourth-order valence-corrected chi connectivity index (χ4v) is 3.75. The van der Waals surface area contributed by atoms with Gasteiger partial charge in [-0.15, -0.1) is 5.10 Å². The van der Waals surface area contributed by atoms with Gasteiger partial charge in [0.25, 0.3) is 0 Å². The highest BCUT2D eigenvalue weighted by Crippen LogP contribution is 2.31. The van der Waals surface area contributed by atoms with Gasteiger partial charge in [-0.2, -0.15) is 0 Å². The van der Waals surface area contributed by atoms with E-state index < -0.39 is 0 Å². The molecule has 1 aromatic heterocycles. The van der Waals surface area contributed by atoms with Crippen LogP contribution in [0.3, 0.4) is 0 Å². The SMILES string of the molecule is C[C@@H]1CN([C@H](C)CO)C(=O)CCCn2nncc2CO[C@H]1CN(C)C(=O)C1CC1. The fourth-order valence-electron chi connectivity index (χ4n) is 3.75. The molecule has 162 valence electrons. The van der Waals surface area contributed by atoms with Gasteiger partial charge in [-0.3, -0.25) is 9.59 Å². The Hall–Kier alpha value is -2.00. The molecule has 1 N–H and O–H groups in total. The van der Waals surface area contributed by atoms with Crippen LogP contribution in [-0.2, 0) is 27.5 Å². The Morgan fingerprint density at radius 1 is 1.45 bits per heavy atom. The number of carbonyl (C=O) groups excluding carboxylic acids is 2. The molecule has 3 atom stereocenters. The molecule has 1 aliphatic carbocycles. The first-order valence-corrected chi connectivity index (χ1v) is 10.5. The van der Waals surface area contributed by atoms with E-state index in [1.54, 1.807) is 20.7 Å². The van der Waals surface area contributed by atoms with Crippen LogP contribution in [0.4, 0.5) is 0 Å². The lowest BCUT2D eigenvalue weighted by molar-refractivity contribution is -0.138. The average Bonchev–Trinajstić information content (AvgIpc) is 3.46. The molecule has 1 saturated carbocycles. The van der Waals surface area contributed by atoms with Gasteiger partial charge < -0.3 is 19.6 Å². The maximum atomic E-state index is 12.8. The Morgan fingerprint density at radius 2 is 2.21 bits per heavy atom. The minimum Gasteiger partial charge on any atom is -0.394 e. The van der Waals surface area contributed by atoms with Crippen molar-refractivity contribution >= 4 is 11.8 Å². The van der Waals surface area contributed by atoms with E-state index in [4.69, 9.17) is 4.74 Å². The molecule has 29 heavy (non-hydrogen) atoms. The first-order chi connectivity index (χ1) is 13.9. The quantitative estimate of drug-likeness (QED) is 0.770. The van der Waals surface area contributed by atoms with Crippen LogP contribution in [0.25, 0.3) is 0 Å². The second kappa shape index (κ2) is 9.67. The van der Waals surface area contributed by atoms with Crippen molar-refractivity contribution < 1.29 is 19.4 Å². The van der Waals surface area contributed by atoms with Gasteiger partial charge >= 0.3 is 0 Å². The van der Waals surface area contributed by atoms with Crippen molar-refractivity contribution in [2.24, 2.45) is 11.8 Å². The Balaban J connectivity index is 1.79. The van der Waals surface area contributed by atoms with Gasteiger partial charge in [0.2, 0.25) is 11.8 Å². The van der Waals surface area contributed by atoms with E-state index in [0.717, 1.165) is 18.5 Å². The predicted octanol–water partition coefficient (Wildman–Crippen LogP) is 0.671. The lowest BCUT2D eigenvalue weighted by Crippen LogP contribution is -2.48. The first kappa shape index (κ1) is 21.7. The molecule has 0 spiro atoms. The summed E-state index contributed by atoms with van der Waals surface area (Å²) in [6, 6.07) is -0.263. The number of aliphatic hydroxyl groups is 1. The van der Waals surface area contributed by atoms with E-state index >= 15 is 0 Å². The fraction of sp³-hybridized carbons (Fsp3) is 0.800. The lowest BCUT2D eigenvalue weighted by atomic mass is 10.0. The van der Waals surface area contributed by atoms with Crippen LogP contribution in [0.1, 0.15) is 45.2 Å². The van der Waals surface area contributed by atoms with Gasteiger partial charge in [-0.1, -0.05) is 12.1 Å². The van der Waals surface area contributed by atoms with Crippen LogP contribution in [0.15, 0.2) is 6.20 Å². The highest BCUT2D eigenvalue weighted by atomic mass is 16.5. The number of likely N-dealkylation sites (N-methyl/N-ethyl adjacent to an activating group) is 1. The third kappa shape index (κ3) is 5.54. The largest absolute Gasteiger partial charge is 0.394 e. The summed E-state index contributed by atoms with van der Waals surface area (Å²) in [5, 5.41) is 17.7. The Bertz CT molecular complexity index is 705. The third-order valence-corrected chi connectivity index (χ3v) is 5.90. The monoisotopic (exact) mass is 407 g/mol. The minimum absolute atomic E-state index is 0.00818. The summed E-state index contributed by atoms with van der Waals surface area (Å²) in [6.45, 7) is 5.69. The van der Waals surface area contributed by atoms with Gasteiger partial charge in [0, 0.05) is 44.9 Å². The van der Waals surface area contributed by atoms with E-state index in [0.29, 0.717) is 39.1 Å². The number of nitrogens with zero attached hydrogens (tertiary/aromatic N) is 5. The molecular formula is C20H33N5O4. The topological polar surface area (TPSA) is 101 Å². The Kier molecular flexibility index (Phi) is 7.23. The van der Waals surface area contributed by atoms with Crippen LogP contribution in [0, 0.1) is 11.8 Å². The second-order valence-electron chi connectivity index (χ2n) is 8.45. The number of hydrogen-bond acceptors (Lipinski definition) is 6. The normalized spacial score (nSPS) is 25.0. The maximum Gasteiger partial charge on any atom is 0.225 e. The Labute approximate surface area is 172 Å². The molecule has 2 heterocycles. The summed E-state index contributed by atoms with van der Waals surface area (Å²) in [4.78, 5) is 28.8. The zero-order chi connectivity index (χ0) is 21.0. The van der Waals surface area contributed by atoms with Crippen molar-refractivity contribution in [3.63, 3.8) is 0 Å². The molecular weight excluding hydrogens is 374 g/mol. The van der Waals surface area contributed by atoms with Crippen molar-refractivity contribution in [3.8, 4) is 0 Å². The molecule has 1 fully saturated rings. The van der Waals surface area contributed by atoms with Gasteiger partial charge in [-0.05, 0) is 26.2 Å². The first-order valence-electron chi connectivity index (χ1n) is 10.5. The number of carbonyl (C=O) groups is 2. The number of hydrogen-bond donors (Lipinski definition) is 1. The highest BCUT2D eigenvalue weighted by molar-refractivity contribution is 5.80. The lowest BCUT2D eigenvalue weighted by Gasteiger charge is -2.35. The van der Waals surface area contributed by atoms with E-state index in [1.165, 1.54) is 0 Å². The number of aromatic nitrogens is 3.